The first-order valence-electron chi connectivity index (χ1n) is 8.37. The number of aromatic nitrogens is 4. The van der Waals surface area contributed by atoms with Gasteiger partial charge in [0.2, 0.25) is 12.7 Å². The van der Waals surface area contributed by atoms with Crippen LogP contribution in [0.25, 0.3) is 0 Å². The largest absolute Gasteiger partial charge is 0.550 e. The van der Waals surface area contributed by atoms with E-state index in [0.29, 0.717) is 0 Å². The predicted molar refractivity (Wildman–Crippen MR) is 89.8 cm³/mol. The van der Waals surface area contributed by atoms with Gasteiger partial charge in [0.1, 0.15) is 24.8 Å². The Bertz CT molecular complexity index is 625. The van der Waals surface area contributed by atoms with E-state index in [9.17, 15) is 19.8 Å². The van der Waals surface area contributed by atoms with Crippen LogP contribution in [0.5, 0.6) is 0 Å². The maximum atomic E-state index is 9.86. The number of carbonyl (C=O) groups excluding carboxylic acids is 2. The molecule has 0 saturated heterocycles. The lowest BCUT2D eigenvalue weighted by Gasteiger charge is -2.11. The molecule has 26 heavy (non-hydrogen) atoms. The number of carboxylic acids is 2. The Morgan fingerprint density at radius 3 is 1.62 bits per heavy atom. The van der Waals surface area contributed by atoms with Crippen LogP contribution >= 0.6 is 0 Å². The first-order valence-corrected chi connectivity index (χ1v) is 8.37. The minimum Gasteiger partial charge on any atom is -0.550 e. The van der Waals surface area contributed by atoms with Gasteiger partial charge in [-0.2, -0.15) is 0 Å². The van der Waals surface area contributed by atoms with Crippen molar-refractivity contribution in [2.45, 2.75) is 45.8 Å². The second-order valence-corrected chi connectivity index (χ2v) is 5.66. The van der Waals surface area contributed by atoms with Crippen molar-refractivity contribution in [3.63, 3.8) is 0 Å². The van der Waals surface area contributed by atoms with E-state index in [1.807, 2.05) is 35.6 Å². The van der Waals surface area contributed by atoms with Crippen molar-refractivity contribution in [1.82, 2.24) is 9.13 Å². The molecule has 2 aromatic rings. The molecule has 2 N–H and O–H groups in total. The molecule has 0 aliphatic carbocycles. The van der Waals surface area contributed by atoms with Crippen LogP contribution in [0, 0.1) is 0 Å². The summed E-state index contributed by atoms with van der Waals surface area (Å²) in [6.07, 6.45) is 11.8. The fraction of sp³-hybridized carbons (Fsp3) is 0.529. The molecule has 0 aliphatic heterocycles. The summed E-state index contributed by atoms with van der Waals surface area (Å²) < 4.78 is 8.31. The summed E-state index contributed by atoms with van der Waals surface area (Å²) in [5, 5.41) is 19.6. The van der Waals surface area contributed by atoms with Crippen LogP contribution in [-0.4, -0.2) is 27.1 Å². The molecule has 146 valence electrons. The Hall–Kier alpha value is -2.68. The lowest BCUT2D eigenvalue weighted by Crippen LogP contribution is -2.42. The van der Waals surface area contributed by atoms with Crippen molar-refractivity contribution >= 4 is 11.9 Å². The Balaban J connectivity index is 0.000000363. The fourth-order valence-electron chi connectivity index (χ4n) is 1.77. The number of aliphatic carboxylic acids is 2. The minimum absolute atomic E-state index is 0.148. The molecule has 2 aromatic heterocycles. The standard InChI is InChI=1S/2C6H11N2.C5H9NO4/c2*1-3-8-5-4-7(2)6-8;6-3(5(9)10)1-2-4(7)8/h2*4-6H,3H2,1-2H3;3H,1-2,6H2,(H,7,8)(H,9,10)/q2*+1;/p-2/t;;3-/m..0/s1. The summed E-state index contributed by atoms with van der Waals surface area (Å²) in [6.45, 7) is 6.36. The van der Waals surface area contributed by atoms with E-state index in [-0.39, 0.29) is 12.8 Å². The molecule has 0 saturated carbocycles. The normalized spacial score (nSPS) is 10.8. The summed E-state index contributed by atoms with van der Waals surface area (Å²) in [5.74, 6) is -2.75. The van der Waals surface area contributed by atoms with E-state index >= 15 is 0 Å². The van der Waals surface area contributed by atoms with E-state index < -0.39 is 18.0 Å². The molecule has 9 heteroatoms. The van der Waals surface area contributed by atoms with Crippen molar-refractivity contribution in [1.29, 1.82) is 0 Å². The van der Waals surface area contributed by atoms with Gasteiger partial charge in [0.25, 0.3) is 0 Å². The summed E-state index contributed by atoms with van der Waals surface area (Å²) in [6, 6.07) is -1.21. The zero-order valence-electron chi connectivity index (χ0n) is 15.9. The Morgan fingerprint density at radius 2 is 1.42 bits per heavy atom. The second-order valence-electron chi connectivity index (χ2n) is 5.66. The monoisotopic (exact) mass is 367 g/mol. The van der Waals surface area contributed by atoms with Gasteiger partial charge in [0.15, 0.2) is 0 Å². The molecule has 0 bridgehead atoms. The van der Waals surface area contributed by atoms with Crippen LogP contribution in [0.15, 0.2) is 37.4 Å². The Morgan fingerprint density at radius 1 is 1.00 bits per heavy atom. The smallest absolute Gasteiger partial charge is 0.243 e. The zero-order valence-corrected chi connectivity index (χ0v) is 15.9. The number of imidazole rings is 2. The van der Waals surface area contributed by atoms with Gasteiger partial charge < -0.3 is 25.5 Å². The highest BCUT2D eigenvalue weighted by Crippen LogP contribution is 1.90. The number of rotatable bonds is 6. The molecule has 0 aliphatic rings. The van der Waals surface area contributed by atoms with Gasteiger partial charge in [-0.15, -0.1) is 0 Å². The van der Waals surface area contributed by atoms with Gasteiger partial charge in [-0.1, -0.05) is 0 Å². The first kappa shape index (κ1) is 23.3. The maximum Gasteiger partial charge on any atom is 0.243 e. The van der Waals surface area contributed by atoms with Crippen LogP contribution in [-0.2, 0) is 36.8 Å². The molecule has 0 amide bonds. The number of carboxylic acid groups (broad SMARTS) is 2. The molecule has 2 heterocycles. The number of hydrogen-bond acceptors (Lipinski definition) is 5. The topological polar surface area (TPSA) is 124 Å². The highest BCUT2D eigenvalue weighted by molar-refractivity contribution is 5.72. The van der Waals surface area contributed by atoms with Crippen molar-refractivity contribution in [2.75, 3.05) is 0 Å². The van der Waals surface area contributed by atoms with Gasteiger partial charge in [-0.25, -0.2) is 18.3 Å². The number of aryl methyl sites for hydroxylation is 4. The summed E-state index contributed by atoms with van der Waals surface area (Å²) in [5.41, 5.74) is 4.91. The molecule has 2 rings (SSSR count). The van der Waals surface area contributed by atoms with E-state index in [1.165, 1.54) is 0 Å². The quantitative estimate of drug-likeness (QED) is 0.555. The molecule has 0 aromatic carbocycles. The first-order chi connectivity index (χ1) is 12.2. The van der Waals surface area contributed by atoms with Crippen LogP contribution in [0.4, 0.5) is 0 Å². The number of carbonyl (C=O) groups is 2. The average Bonchev–Trinajstić information content (AvgIpc) is 3.21. The zero-order chi connectivity index (χ0) is 20.1. The number of nitrogens with two attached hydrogens (primary N) is 1. The molecule has 0 fully saturated rings. The van der Waals surface area contributed by atoms with Crippen LogP contribution in [0.2, 0.25) is 0 Å². The molecule has 0 unspecified atom stereocenters. The lowest BCUT2D eigenvalue weighted by molar-refractivity contribution is -0.693. The summed E-state index contributed by atoms with van der Waals surface area (Å²) >= 11 is 0. The minimum atomic E-state index is -1.44. The SMILES string of the molecule is CC[n+]1ccn(C)c1.CC[n+]1ccn(C)c1.N[C@@H](CCC(=O)[O-])C(=O)[O-]. The number of hydrogen-bond donors (Lipinski definition) is 1. The highest BCUT2D eigenvalue weighted by atomic mass is 16.4. The Kier molecular flexibility index (Phi) is 11.3. The van der Waals surface area contributed by atoms with Gasteiger partial charge >= 0.3 is 0 Å². The molecular formula is C17H29N5O4. The maximum absolute atomic E-state index is 9.86. The van der Waals surface area contributed by atoms with Crippen molar-refractivity contribution in [3.8, 4) is 0 Å². The third-order valence-electron chi connectivity index (χ3n) is 3.34. The van der Waals surface area contributed by atoms with Crippen LogP contribution < -0.4 is 25.1 Å². The van der Waals surface area contributed by atoms with E-state index in [4.69, 9.17) is 5.73 Å². The summed E-state index contributed by atoms with van der Waals surface area (Å²) in [4.78, 5) is 19.6. The third kappa shape index (κ3) is 11.0. The molecule has 9 nitrogen and oxygen atoms in total. The van der Waals surface area contributed by atoms with Gasteiger partial charge in [0.05, 0.1) is 33.2 Å². The van der Waals surface area contributed by atoms with Gasteiger partial charge in [-0.3, -0.25) is 0 Å². The Labute approximate surface area is 153 Å². The van der Waals surface area contributed by atoms with Crippen molar-refractivity contribution in [2.24, 2.45) is 19.8 Å². The predicted octanol–water partition coefficient (Wildman–Crippen LogP) is -2.74. The highest BCUT2D eigenvalue weighted by Gasteiger charge is 2.01. The van der Waals surface area contributed by atoms with E-state index in [1.54, 1.807) is 0 Å². The van der Waals surface area contributed by atoms with E-state index in [0.717, 1.165) is 13.1 Å². The van der Waals surface area contributed by atoms with Crippen molar-refractivity contribution < 1.29 is 28.9 Å². The molecule has 1 atom stereocenters. The lowest BCUT2D eigenvalue weighted by atomic mass is 10.2. The molecular weight excluding hydrogens is 338 g/mol. The average molecular weight is 367 g/mol. The van der Waals surface area contributed by atoms with E-state index in [2.05, 4.69) is 48.0 Å². The second kappa shape index (κ2) is 12.6. The van der Waals surface area contributed by atoms with Crippen molar-refractivity contribution in [3.05, 3.63) is 37.4 Å². The fourth-order valence-corrected chi connectivity index (χ4v) is 1.77. The van der Waals surface area contributed by atoms with Gasteiger partial charge in [-0.05, 0) is 26.7 Å². The number of nitrogens with zero attached hydrogens (tertiary/aromatic N) is 4. The molecule has 0 spiro atoms. The van der Waals surface area contributed by atoms with Crippen LogP contribution in [0.1, 0.15) is 26.7 Å². The summed E-state index contributed by atoms with van der Waals surface area (Å²) in [7, 11) is 4.04. The molecule has 0 radical (unpaired) electrons. The van der Waals surface area contributed by atoms with Gasteiger partial charge in [0, 0.05) is 12.0 Å². The third-order valence-corrected chi connectivity index (χ3v) is 3.34. The van der Waals surface area contributed by atoms with Crippen LogP contribution in [0.3, 0.4) is 0 Å².